The molecule has 27 heavy (non-hydrogen) atoms. The average molecular weight is 365 g/mol. The van der Waals surface area contributed by atoms with Crippen molar-refractivity contribution in [3.63, 3.8) is 0 Å². The number of fused-ring (bicyclic) bond motifs is 1. The zero-order valence-corrected chi connectivity index (χ0v) is 15.6. The van der Waals surface area contributed by atoms with Crippen LogP contribution < -0.4 is 4.74 Å². The highest BCUT2D eigenvalue weighted by Crippen LogP contribution is 2.37. The molecule has 0 amide bonds. The molecule has 2 aromatic heterocycles. The fourth-order valence-corrected chi connectivity index (χ4v) is 3.39. The summed E-state index contributed by atoms with van der Waals surface area (Å²) in [4.78, 5) is 11.3. The maximum Gasteiger partial charge on any atom is 0.165 e. The molecule has 1 aliphatic heterocycles. The molecule has 0 saturated carbocycles. The highest BCUT2D eigenvalue weighted by molar-refractivity contribution is 5.67. The molecule has 7 heteroatoms. The van der Waals surface area contributed by atoms with Gasteiger partial charge in [0.05, 0.1) is 23.3 Å². The van der Waals surface area contributed by atoms with Gasteiger partial charge in [-0.05, 0) is 38.0 Å². The largest absolute Gasteiger partial charge is 0.504 e. The molecular weight excluding hydrogens is 342 g/mol. The summed E-state index contributed by atoms with van der Waals surface area (Å²) >= 11 is 0. The van der Waals surface area contributed by atoms with E-state index in [2.05, 4.69) is 31.1 Å². The first kappa shape index (κ1) is 17.5. The number of aromatic amines is 1. The van der Waals surface area contributed by atoms with Gasteiger partial charge in [-0.2, -0.15) is 5.10 Å². The van der Waals surface area contributed by atoms with Crippen LogP contribution in [0.5, 0.6) is 11.5 Å². The van der Waals surface area contributed by atoms with Crippen molar-refractivity contribution < 1.29 is 9.84 Å². The maximum atomic E-state index is 10.5. The molecule has 4 rings (SSSR count). The van der Waals surface area contributed by atoms with Crippen LogP contribution in [0.25, 0.3) is 11.3 Å². The standard InChI is InChI=1S/C20H23N5O2/c1-13-9-21-14(2)19(24-13)16-7-17-12-25(4-3-15-10-22-23-11-15)5-6-27-20(17)18(26)8-16/h7-11,26H,3-6,12H2,1-2H3,(H,22,23). The van der Waals surface area contributed by atoms with Crippen molar-refractivity contribution in [1.82, 2.24) is 25.1 Å². The minimum Gasteiger partial charge on any atom is -0.504 e. The maximum absolute atomic E-state index is 10.5. The number of ether oxygens (including phenoxy) is 1. The molecule has 1 aliphatic rings. The molecule has 0 unspecified atom stereocenters. The summed E-state index contributed by atoms with van der Waals surface area (Å²) in [7, 11) is 0. The van der Waals surface area contributed by atoms with Gasteiger partial charge < -0.3 is 9.84 Å². The van der Waals surface area contributed by atoms with Crippen LogP contribution in [0.1, 0.15) is 22.5 Å². The molecule has 7 nitrogen and oxygen atoms in total. The molecule has 0 radical (unpaired) electrons. The SMILES string of the molecule is Cc1cnc(C)c(-c2cc(O)c3c(c2)CN(CCc2cn[nH]c2)CCO3)n1. The van der Waals surface area contributed by atoms with Crippen molar-refractivity contribution in [2.45, 2.75) is 26.8 Å². The first-order valence-corrected chi connectivity index (χ1v) is 9.09. The Labute approximate surface area is 158 Å². The van der Waals surface area contributed by atoms with E-state index in [1.54, 1.807) is 12.3 Å². The molecular formula is C20H23N5O2. The van der Waals surface area contributed by atoms with Gasteiger partial charge in [-0.3, -0.25) is 15.0 Å². The van der Waals surface area contributed by atoms with Crippen LogP contribution in [-0.4, -0.2) is 49.9 Å². The summed E-state index contributed by atoms with van der Waals surface area (Å²) in [5.74, 6) is 0.727. The Bertz CT molecular complexity index is 940. The molecule has 0 fully saturated rings. The smallest absolute Gasteiger partial charge is 0.165 e. The van der Waals surface area contributed by atoms with Crippen molar-refractivity contribution in [3.8, 4) is 22.8 Å². The van der Waals surface area contributed by atoms with Crippen LogP contribution in [0.3, 0.4) is 0 Å². The predicted octanol–water partition coefficient (Wildman–Crippen LogP) is 2.63. The number of phenolic OH excluding ortho intramolecular Hbond substituents is 1. The highest BCUT2D eigenvalue weighted by atomic mass is 16.5. The van der Waals surface area contributed by atoms with Gasteiger partial charge in [-0.15, -0.1) is 0 Å². The lowest BCUT2D eigenvalue weighted by Gasteiger charge is -2.19. The van der Waals surface area contributed by atoms with Gasteiger partial charge in [0.2, 0.25) is 0 Å². The van der Waals surface area contributed by atoms with E-state index in [0.29, 0.717) is 18.9 Å². The summed E-state index contributed by atoms with van der Waals surface area (Å²) in [6.45, 7) is 6.82. The van der Waals surface area contributed by atoms with E-state index in [1.807, 2.05) is 26.2 Å². The summed E-state index contributed by atoms with van der Waals surface area (Å²) in [5, 5.41) is 17.4. The molecule has 3 heterocycles. The molecule has 2 N–H and O–H groups in total. The molecule has 1 aromatic carbocycles. The predicted molar refractivity (Wildman–Crippen MR) is 102 cm³/mol. The van der Waals surface area contributed by atoms with Crippen LogP contribution in [0.15, 0.2) is 30.7 Å². The minimum atomic E-state index is 0.155. The highest BCUT2D eigenvalue weighted by Gasteiger charge is 2.20. The monoisotopic (exact) mass is 365 g/mol. The fourth-order valence-electron chi connectivity index (χ4n) is 3.39. The molecule has 0 bridgehead atoms. The number of H-pyrrole nitrogens is 1. The third kappa shape index (κ3) is 3.78. The van der Waals surface area contributed by atoms with Crippen molar-refractivity contribution in [1.29, 1.82) is 0 Å². The first-order chi connectivity index (χ1) is 13.1. The number of nitrogens with one attached hydrogen (secondary N) is 1. The van der Waals surface area contributed by atoms with Crippen LogP contribution in [0, 0.1) is 13.8 Å². The lowest BCUT2D eigenvalue weighted by Crippen LogP contribution is -2.27. The van der Waals surface area contributed by atoms with E-state index in [-0.39, 0.29) is 5.75 Å². The molecule has 0 aliphatic carbocycles. The quantitative estimate of drug-likeness (QED) is 0.739. The number of phenols is 1. The Kier molecular flexibility index (Phi) is 4.77. The third-order valence-corrected chi connectivity index (χ3v) is 4.82. The second-order valence-electron chi connectivity index (χ2n) is 6.91. The minimum absolute atomic E-state index is 0.155. The number of aromatic hydroxyl groups is 1. The van der Waals surface area contributed by atoms with Crippen LogP contribution in [-0.2, 0) is 13.0 Å². The van der Waals surface area contributed by atoms with Gasteiger partial charge in [-0.25, -0.2) is 4.98 Å². The summed E-state index contributed by atoms with van der Waals surface area (Å²) < 4.78 is 5.85. The summed E-state index contributed by atoms with van der Waals surface area (Å²) in [6.07, 6.45) is 6.44. The van der Waals surface area contributed by atoms with E-state index in [4.69, 9.17) is 4.74 Å². The fraction of sp³-hybridized carbons (Fsp3) is 0.350. The van der Waals surface area contributed by atoms with E-state index in [9.17, 15) is 5.11 Å². The van der Waals surface area contributed by atoms with Gasteiger partial charge in [0.25, 0.3) is 0 Å². The van der Waals surface area contributed by atoms with E-state index in [0.717, 1.165) is 47.7 Å². The van der Waals surface area contributed by atoms with Crippen molar-refractivity contribution in [3.05, 3.63) is 53.2 Å². The Morgan fingerprint density at radius 1 is 1.26 bits per heavy atom. The number of nitrogens with zero attached hydrogens (tertiary/aromatic N) is 4. The lowest BCUT2D eigenvalue weighted by atomic mass is 10.0. The Hall–Kier alpha value is -2.93. The normalized spacial score (nSPS) is 14.4. The zero-order chi connectivity index (χ0) is 18.8. The molecule has 0 saturated heterocycles. The zero-order valence-electron chi connectivity index (χ0n) is 15.6. The van der Waals surface area contributed by atoms with Gasteiger partial charge in [-0.1, -0.05) is 0 Å². The number of hydrogen-bond donors (Lipinski definition) is 2. The van der Waals surface area contributed by atoms with Crippen LogP contribution >= 0.6 is 0 Å². The van der Waals surface area contributed by atoms with E-state index >= 15 is 0 Å². The van der Waals surface area contributed by atoms with E-state index in [1.165, 1.54) is 5.56 Å². The van der Waals surface area contributed by atoms with Crippen molar-refractivity contribution >= 4 is 0 Å². The number of benzene rings is 1. The molecule has 140 valence electrons. The Morgan fingerprint density at radius 3 is 2.96 bits per heavy atom. The van der Waals surface area contributed by atoms with Crippen molar-refractivity contribution in [2.24, 2.45) is 0 Å². The van der Waals surface area contributed by atoms with Crippen molar-refractivity contribution in [2.75, 3.05) is 19.7 Å². The van der Waals surface area contributed by atoms with Gasteiger partial charge in [0, 0.05) is 43.2 Å². The topological polar surface area (TPSA) is 87.2 Å². The number of aryl methyl sites for hydroxylation is 2. The van der Waals surface area contributed by atoms with Gasteiger partial charge >= 0.3 is 0 Å². The van der Waals surface area contributed by atoms with Gasteiger partial charge in [0.1, 0.15) is 6.61 Å². The summed E-state index contributed by atoms with van der Waals surface area (Å²) in [5.41, 5.74) is 5.50. The first-order valence-electron chi connectivity index (χ1n) is 9.09. The average Bonchev–Trinajstić information content (AvgIpc) is 3.08. The number of hydrogen-bond acceptors (Lipinski definition) is 6. The third-order valence-electron chi connectivity index (χ3n) is 4.82. The number of rotatable bonds is 4. The molecule has 0 spiro atoms. The Morgan fingerprint density at radius 2 is 2.15 bits per heavy atom. The number of aromatic nitrogens is 4. The Balaban J connectivity index is 1.62. The summed E-state index contributed by atoms with van der Waals surface area (Å²) in [6, 6.07) is 3.78. The van der Waals surface area contributed by atoms with Gasteiger partial charge in [0.15, 0.2) is 11.5 Å². The second kappa shape index (κ2) is 7.36. The molecule has 3 aromatic rings. The second-order valence-corrected chi connectivity index (χ2v) is 6.91. The van der Waals surface area contributed by atoms with E-state index < -0.39 is 0 Å². The van der Waals surface area contributed by atoms with Crippen LogP contribution in [0.2, 0.25) is 0 Å². The van der Waals surface area contributed by atoms with Crippen LogP contribution in [0.4, 0.5) is 0 Å². The lowest BCUT2D eigenvalue weighted by molar-refractivity contribution is 0.225. The molecule has 0 atom stereocenters.